The van der Waals surface area contributed by atoms with Crippen molar-refractivity contribution in [1.29, 1.82) is 0 Å². The van der Waals surface area contributed by atoms with Crippen molar-refractivity contribution in [2.24, 2.45) is 0 Å². The fraction of sp³-hybridized carbons (Fsp3) is 0.571. The van der Waals surface area contributed by atoms with Crippen molar-refractivity contribution in [3.8, 4) is 0 Å². The summed E-state index contributed by atoms with van der Waals surface area (Å²) in [6, 6.07) is 3.70. The second kappa shape index (κ2) is 6.56. The van der Waals surface area contributed by atoms with Crippen LogP contribution in [0.2, 0.25) is 0 Å². The maximum absolute atomic E-state index is 11.6. The molecule has 0 bridgehead atoms. The van der Waals surface area contributed by atoms with Crippen LogP contribution in [0.3, 0.4) is 0 Å². The quantitative estimate of drug-likeness (QED) is 0.906. The van der Waals surface area contributed by atoms with Crippen molar-refractivity contribution in [2.45, 2.75) is 20.0 Å². The molecule has 110 valence electrons. The second-order valence-corrected chi connectivity index (χ2v) is 4.80. The topological polar surface area (TPSA) is 65.9 Å². The van der Waals surface area contributed by atoms with Crippen LogP contribution in [-0.2, 0) is 4.74 Å². The molecule has 1 amide bonds. The van der Waals surface area contributed by atoms with Crippen LogP contribution in [0.5, 0.6) is 0 Å². The van der Waals surface area contributed by atoms with E-state index in [2.05, 4.69) is 9.88 Å². The van der Waals surface area contributed by atoms with E-state index in [4.69, 9.17) is 4.74 Å². The molecule has 0 saturated carbocycles. The molecule has 0 aromatic carbocycles. The van der Waals surface area contributed by atoms with Crippen LogP contribution in [0.4, 0.5) is 10.6 Å². The average Bonchev–Trinajstić information content (AvgIpc) is 2.48. The number of hydrogen-bond donors (Lipinski definition) is 1. The number of ether oxygens (including phenoxy) is 1. The Morgan fingerprint density at radius 3 is 2.75 bits per heavy atom. The van der Waals surface area contributed by atoms with Gasteiger partial charge in [0.25, 0.3) is 0 Å². The highest BCUT2D eigenvalue weighted by molar-refractivity contribution is 5.68. The van der Waals surface area contributed by atoms with E-state index in [-0.39, 0.29) is 6.09 Å². The van der Waals surface area contributed by atoms with Gasteiger partial charge in [-0.3, -0.25) is 0 Å². The number of hydrogen-bond acceptors (Lipinski definition) is 5. The van der Waals surface area contributed by atoms with Crippen molar-refractivity contribution in [1.82, 2.24) is 9.88 Å². The van der Waals surface area contributed by atoms with Crippen LogP contribution in [-0.4, -0.2) is 53.9 Å². The van der Waals surface area contributed by atoms with Crippen molar-refractivity contribution < 1.29 is 14.6 Å². The molecule has 0 unspecified atom stereocenters. The Kier molecular flexibility index (Phi) is 4.79. The molecule has 1 N–H and O–H groups in total. The molecule has 0 aliphatic carbocycles. The predicted octanol–water partition coefficient (Wildman–Crippen LogP) is 1.41. The van der Waals surface area contributed by atoms with Crippen molar-refractivity contribution in [2.75, 3.05) is 37.7 Å². The zero-order valence-electron chi connectivity index (χ0n) is 12.0. The third kappa shape index (κ3) is 3.39. The molecule has 6 heteroatoms. The molecule has 1 atom stereocenters. The van der Waals surface area contributed by atoms with Gasteiger partial charge in [-0.25, -0.2) is 9.78 Å². The van der Waals surface area contributed by atoms with Crippen LogP contribution >= 0.6 is 0 Å². The van der Waals surface area contributed by atoms with E-state index < -0.39 is 6.10 Å². The number of anilines is 1. The number of carbonyl (C=O) groups is 1. The Labute approximate surface area is 119 Å². The summed E-state index contributed by atoms with van der Waals surface area (Å²) >= 11 is 0. The zero-order valence-corrected chi connectivity index (χ0v) is 12.0. The third-order valence-electron chi connectivity index (χ3n) is 3.38. The molecular weight excluding hydrogens is 258 g/mol. The summed E-state index contributed by atoms with van der Waals surface area (Å²) in [6.45, 7) is 6.62. The molecule has 20 heavy (non-hydrogen) atoms. The Morgan fingerprint density at radius 1 is 1.45 bits per heavy atom. The van der Waals surface area contributed by atoms with Gasteiger partial charge in [0, 0.05) is 32.4 Å². The molecule has 2 heterocycles. The Hall–Kier alpha value is -1.82. The van der Waals surface area contributed by atoms with Crippen LogP contribution < -0.4 is 4.90 Å². The summed E-state index contributed by atoms with van der Waals surface area (Å²) in [5.74, 6) is 0.840. The first-order valence-electron chi connectivity index (χ1n) is 6.92. The highest BCUT2D eigenvalue weighted by Gasteiger charge is 2.22. The smallest absolute Gasteiger partial charge is 0.409 e. The van der Waals surface area contributed by atoms with Crippen molar-refractivity contribution in [3.05, 3.63) is 23.9 Å². The fourth-order valence-corrected chi connectivity index (χ4v) is 2.20. The highest BCUT2D eigenvalue weighted by atomic mass is 16.6. The van der Waals surface area contributed by atoms with E-state index in [1.807, 2.05) is 12.1 Å². The van der Waals surface area contributed by atoms with Crippen molar-refractivity contribution in [3.63, 3.8) is 0 Å². The minimum Gasteiger partial charge on any atom is -0.450 e. The summed E-state index contributed by atoms with van der Waals surface area (Å²) in [6.07, 6.45) is 0.949. The fourth-order valence-electron chi connectivity index (χ4n) is 2.20. The first-order chi connectivity index (χ1) is 9.61. The molecule has 6 nitrogen and oxygen atoms in total. The lowest BCUT2D eigenvalue weighted by Gasteiger charge is -2.34. The number of amides is 1. The van der Waals surface area contributed by atoms with Gasteiger partial charge in [-0.2, -0.15) is 0 Å². The first-order valence-corrected chi connectivity index (χ1v) is 6.92. The number of aliphatic hydroxyl groups excluding tert-OH is 1. The molecular formula is C14H21N3O3. The van der Waals surface area contributed by atoms with Crippen LogP contribution in [0, 0.1) is 0 Å². The second-order valence-electron chi connectivity index (χ2n) is 4.80. The number of carbonyl (C=O) groups excluding carboxylic acids is 1. The standard InChI is InChI=1S/C14H21N3O3/c1-3-20-14(19)17-8-6-16(7-9-17)13-10-12(11(2)18)4-5-15-13/h4-5,10-11,18H,3,6-9H2,1-2H3/t11-/m0/s1. The molecule has 1 aliphatic rings. The lowest BCUT2D eigenvalue weighted by atomic mass is 10.1. The van der Waals surface area contributed by atoms with E-state index in [0.717, 1.165) is 24.5 Å². The lowest BCUT2D eigenvalue weighted by Crippen LogP contribution is -2.49. The van der Waals surface area contributed by atoms with E-state index in [9.17, 15) is 9.90 Å². The number of piperazine rings is 1. The summed E-state index contributed by atoms with van der Waals surface area (Å²) in [4.78, 5) is 19.8. The lowest BCUT2D eigenvalue weighted by molar-refractivity contribution is 0.105. The molecule has 1 fully saturated rings. The van der Waals surface area contributed by atoms with Gasteiger partial charge in [-0.15, -0.1) is 0 Å². The van der Waals surface area contributed by atoms with Gasteiger partial charge in [-0.1, -0.05) is 0 Å². The number of pyridine rings is 1. The van der Waals surface area contributed by atoms with Gasteiger partial charge in [0.05, 0.1) is 12.7 Å². The first kappa shape index (κ1) is 14.6. The predicted molar refractivity (Wildman–Crippen MR) is 75.7 cm³/mol. The van der Waals surface area contributed by atoms with Gasteiger partial charge >= 0.3 is 6.09 Å². The Balaban J connectivity index is 1.97. The molecule has 1 aromatic heterocycles. The SMILES string of the molecule is CCOC(=O)N1CCN(c2cc([C@H](C)O)ccn2)CC1. The van der Waals surface area contributed by atoms with Crippen LogP contribution in [0.25, 0.3) is 0 Å². The van der Waals surface area contributed by atoms with Crippen LogP contribution in [0.1, 0.15) is 25.5 Å². The minimum absolute atomic E-state index is 0.252. The number of aliphatic hydroxyl groups is 1. The largest absolute Gasteiger partial charge is 0.450 e. The maximum atomic E-state index is 11.6. The van der Waals surface area contributed by atoms with E-state index >= 15 is 0 Å². The molecule has 1 aliphatic heterocycles. The average molecular weight is 279 g/mol. The Bertz CT molecular complexity index is 457. The normalized spacial score (nSPS) is 16.9. The number of aromatic nitrogens is 1. The molecule has 2 rings (SSSR count). The monoisotopic (exact) mass is 279 g/mol. The van der Waals surface area contributed by atoms with Gasteiger partial charge in [-0.05, 0) is 31.5 Å². The van der Waals surface area contributed by atoms with E-state index in [0.29, 0.717) is 19.7 Å². The van der Waals surface area contributed by atoms with E-state index in [1.54, 1.807) is 24.9 Å². The summed E-state index contributed by atoms with van der Waals surface area (Å²) < 4.78 is 4.99. The summed E-state index contributed by atoms with van der Waals surface area (Å²) in [5.41, 5.74) is 0.850. The maximum Gasteiger partial charge on any atom is 0.409 e. The Morgan fingerprint density at radius 2 is 2.15 bits per heavy atom. The van der Waals surface area contributed by atoms with Crippen molar-refractivity contribution >= 4 is 11.9 Å². The van der Waals surface area contributed by atoms with Gasteiger partial charge < -0.3 is 19.6 Å². The van der Waals surface area contributed by atoms with E-state index in [1.165, 1.54) is 0 Å². The number of rotatable bonds is 3. The van der Waals surface area contributed by atoms with Gasteiger partial charge in [0.1, 0.15) is 5.82 Å². The molecule has 1 aromatic rings. The summed E-state index contributed by atoms with van der Waals surface area (Å²) in [5, 5.41) is 9.60. The third-order valence-corrected chi connectivity index (χ3v) is 3.38. The minimum atomic E-state index is -0.502. The molecule has 0 radical (unpaired) electrons. The molecule has 0 spiro atoms. The highest BCUT2D eigenvalue weighted by Crippen LogP contribution is 2.19. The molecule has 1 saturated heterocycles. The van der Waals surface area contributed by atoms with Gasteiger partial charge in [0.15, 0.2) is 0 Å². The van der Waals surface area contributed by atoms with Gasteiger partial charge in [0.2, 0.25) is 0 Å². The van der Waals surface area contributed by atoms with Crippen LogP contribution in [0.15, 0.2) is 18.3 Å². The zero-order chi connectivity index (χ0) is 14.5. The summed E-state index contributed by atoms with van der Waals surface area (Å²) in [7, 11) is 0. The number of nitrogens with zero attached hydrogens (tertiary/aromatic N) is 3.